The number of amides is 1. The predicted molar refractivity (Wildman–Crippen MR) is 112 cm³/mol. The van der Waals surface area contributed by atoms with Gasteiger partial charge in [0.25, 0.3) is 0 Å². The van der Waals surface area contributed by atoms with Crippen molar-refractivity contribution in [3.63, 3.8) is 0 Å². The van der Waals surface area contributed by atoms with Crippen LogP contribution in [0.2, 0.25) is 0 Å². The number of furan rings is 1. The van der Waals surface area contributed by atoms with Gasteiger partial charge in [-0.05, 0) is 25.1 Å². The Morgan fingerprint density at radius 2 is 1.93 bits per heavy atom. The van der Waals surface area contributed by atoms with E-state index in [1.165, 1.54) is 11.8 Å². The second-order valence-electron chi connectivity index (χ2n) is 6.80. The molecule has 1 amide bonds. The molecule has 0 unspecified atom stereocenters. The fourth-order valence-corrected chi connectivity index (χ4v) is 3.52. The Morgan fingerprint density at radius 1 is 1.13 bits per heavy atom. The first-order valence-electron chi connectivity index (χ1n) is 9.34. The van der Waals surface area contributed by atoms with E-state index in [-0.39, 0.29) is 23.6 Å². The normalized spacial score (nSPS) is 11.2. The van der Waals surface area contributed by atoms with E-state index in [9.17, 15) is 4.79 Å². The molecule has 1 N–H and O–H groups in total. The Labute approximate surface area is 176 Å². The summed E-state index contributed by atoms with van der Waals surface area (Å²) in [6, 6.07) is 11.7. The first kappa shape index (κ1) is 19.9. The van der Waals surface area contributed by atoms with Crippen molar-refractivity contribution < 1.29 is 13.6 Å². The highest BCUT2D eigenvalue weighted by Crippen LogP contribution is 2.30. The van der Waals surface area contributed by atoms with Crippen molar-refractivity contribution in [3.8, 4) is 17.1 Å². The van der Waals surface area contributed by atoms with Crippen molar-refractivity contribution in [2.24, 2.45) is 0 Å². The summed E-state index contributed by atoms with van der Waals surface area (Å²) >= 11 is 1.26. The number of aromatic nitrogens is 5. The van der Waals surface area contributed by atoms with Crippen LogP contribution in [0.5, 0.6) is 0 Å². The van der Waals surface area contributed by atoms with Crippen LogP contribution < -0.4 is 5.32 Å². The Kier molecular flexibility index (Phi) is 5.66. The number of para-hydroxylation sites is 1. The quantitative estimate of drug-likeness (QED) is 0.442. The summed E-state index contributed by atoms with van der Waals surface area (Å²) < 4.78 is 12.7. The molecule has 0 saturated heterocycles. The molecule has 0 aliphatic rings. The average molecular weight is 424 g/mol. The Bertz CT molecular complexity index is 1150. The Hall–Kier alpha value is -3.40. The van der Waals surface area contributed by atoms with Gasteiger partial charge in [0, 0.05) is 11.6 Å². The van der Waals surface area contributed by atoms with Gasteiger partial charge in [0.2, 0.25) is 11.8 Å². The first-order chi connectivity index (χ1) is 14.5. The molecule has 4 aromatic rings. The van der Waals surface area contributed by atoms with Crippen molar-refractivity contribution in [1.29, 1.82) is 0 Å². The molecule has 0 atom stereocenters. The molecule has 0 saturated carbocycles. The number of nitrogens with zero attached hydrogens (tertiary/aromatic N) is 5. The maximum atomic E-state index is 12.4. The van der Waals surface area contributed by atoms with E-state index in [1.54, 1.807) is 6.26 Å². The second kappa shape index (κ2) is 8.54. The number of rotatable bonds is 7. The summed E-state index contributed by atoms with van der Waals surface area (Å²) in [4.78, 5) is 12.4. The van der Waals surface area contributed by atoms with Crippen molar-refractivity contribution in [2.45, 2.75) is 31.8 Å². The summed E-state index contributed by atoms with van der Waals surface area (Å²) in [6.07, 6.45) is 1.62. The Morgan fingerprint density at radius 3 is 2.60 bits per heavy atom. The van der Waals surface area contributed by atoms with Crippen LogP contribution in [0.25, 0.3) is 17.1 Å². The number of anilines is 1. The number of hydrogen-bond donors (Lipinski definition) is 1. The fourth-order valence-electron chi connectivity index (χ4n) is 2.77. The highest BCUT2D eigenvalue weighted by molar-refractivity contribution is 7.99. The van der Waals surface area contributed by atoms with E-state index in [1.807, 2.05) is 61.7 Å². The molecule has 10 heteroatoms. The standard InChI is InChI=1S/C20H20N6O3S/c1-12(2)18-23-24-19(29-18)21-16(27)11-30-20-25-22-17(15-9-10-28-13(15)3)26(20)14-7-5-4-6-8-14/h4-10,12H,11H2,1-3H3,(H,21,24,27). The summed E-state index contributed by atoms with van der Waals surface area (Å²) in [5.41, 5.74) is 1.73. The van der Waals surface area contributed by atoms with Crippen molar-refractivity contribution in [3.05, 3.63) is 54.3 Å². The van der Waals surface area contributed by atoms with E-state index >= 15 is 0 Å². The van der Waals surface area contributed by atoms with Gasteiger partial charge in [0.05, 0.1) is 17.6 Å². The maximum absolute atomic E-state index is 12.4. The van der Waals surface area contributed by atoms with E-state index in [4.69, 9.17) is 8.83 Å². The van der Waals surface area contributed by atoms with Crippen molar-refractivity contribution in [1.82, 2.24) is 25.0 Å². The molecular formula is C20H20N6O3S. The van der Waals surface area contributed by atoms with Gasteiger partial charge in [-0.1, -0.05) is 48.9 Å². The zero-order valence-electron chi connectivity index (χ0n) is 16.7. The van der Waals surface area contributed by atoms with Gasteiger partial charge in [-0.2, -0.15) is 0 Å². The summed E-state index contributed by atoms with van der Waals surface area (Å²) in [6.45, 7) is 5.74. The third kappa shape index (κ3) is 4.13. The third-order valence-electron chi connectivity index (χ3n) is 4.26. The molecule has 1 aromatic carbocycles. The van der Waals surface area contributed by atoms with Crippen molar-refractivity contribution >= 4 is 23.7 Å². The number of carbonyl (C=O) groups is 1. The lowest BCUT2D eigenvalue weighted by atomic mass is 10.2. The van der Waals surface area contributed by atoms with Gasteiger partial charge < -0.3 is 8.83 Å². The summed E-state index contributed by atoms with van der Waals surface area (Å²) in [5.74, 6) is 1.78. The monoisotopic (exact) mass is 424 g/mol. The van der Waals surface area contributed by atoms with E-state index in [2.05, 4.69) is 25.7 Å². The van der Waals surface area contributed by atoms with Gasteiger partial charge in [0.1, 0.15) is 5.76 Å². The van der Waals surface area contributed by atoms with Crippen LogP contribution in [0.4, 0.5) is 6.01 Å². The molecule has 0 spiro atoms. The van der Waals surface area contributed by atoms with Gasteiger partial charge in [-0.25, -0.2) is 0 Å². The molecule has 0 bridgehead atoms. The number of thioether (sulfide) groups is 1. The van der Waals surface area contributed by atoms with Crippen LogP contribution in [0.3, 0.4) is 0 Å². The van der Waals surface area contributed by atoms with Crippen LogP contribution in [-0.2, 0) is 4.79 Å². The molecule has 3 heterocycles. The zero-order chi connectivity index (χ0) is 21.1. The molecule has 0 aliphatic heterocycles. The van der Waals surface area contributed by atoms with Gasteiger partial charge in [-0.15, -0.1) is 15.3 Å². The maximum Gasteiger partial charge on any atom is 0.322 e. The number of carbonyl (C=O) groups excluding carboxylic acids is 1. The van der Waals surface area contributed by atoms with E-state index < -0.39 is 0 Å². The van der Waals surface area contributed by atoms with Crippen LogP contribution in [0.1, 0.15) is 31.4 Å². The third-order valence-corrected chi connectivity index (χ3v) is 5.19. The van der Waals surface area contributed by atoms with Gasteiger partial charge in [0.15, 0.2) is 11.0 Å². The SMILES string of the molecule is Cc1occc1-c1nnc(SCC(=O)Nc2nnc(C(C)C)o2)n1-c1ccccc1. The number of benzene rings is 1. The fraction of sp³-hybridized carbons (Fsp3) is 0.250. The highest BCUT2D eigenvalue weighted by atomic mass is 32.2. The topological polar surface area (TPSA) is 112 Å². The van der Waals surface area contributed by atoms with Crippen LogP contribution in [0, 0.1) is 6.92 Å². The van der Waals surface area contributed by atoms with Gasteiger partial charge in [-0.3, -0.25) is 14.7 Å². The minimum absolute atomic E-state index is 0.0866. The molecule has 0 fully saturated rings. The molecule has 0 aliphatic carbocycles. The molecule has 30 heavy (non-hydrogen) atoms. The predicted octanol–water partition coefficient (Wildman–Crippen LogP) is 4.07. The first-order valence-corrected chi connectivity index (χ1v) is 10.3. The molecule has 154 valence electrons. The highest BCUT2D eigenvalue weighted by Gasteiger charge is 2.20. The minimum atomic E-state index is -0.275. The lowest BCUT2D eigenvalue weighted by molar-refractivity contribution is -0.113. The van der Waals surface area contributed by atoms with Crippen LogP contribution in [0.15, 0.2) is 56.7 Å². The van der Waals surface area contributed by atoms with Crippen molar-refractivity contribution in [2.75, 3.05) is 11.1 Å². The lowest BCUT2D eigenvalue weighted by Gasteiger charge is -2.09. The number of nitrogens with one attached hydrogen (secondary N) is 1. The van der Waals surface area contributed by atoms with Crippen LogP contribution in [-0.4, -0.2) is 36.6 Å². The number of hydrogen-bond acceptors (Lipinski definition) is 8. The molecule has 3 aromatic heterocycles. The second-order valence-corrected chi connectivity index (χ2v) is 7.75. The minimum Gasteiger partial charge on any atom is -0.469 e. The summed E-state index contributed by atoms with van der Waals surface area (Å²) in [7, 11) is 0. The smallest absolute Gasteiger partial charge is 0.322 e. The van der Waals surface area contributed by atoms with E-state index in [0.717, 1.165) is 17.0 Å². The molecular weight excluding hydrogens is 404 g/mol. The van der Waals surface area contributed by atoms with E-state index in [0.29, 0.717) is 16.9 Å². The largest absolute Gasteiger partial charge is 0.469 e. The Balaban J connectivity index is 1.54. The molecule has 4 rings (SSSR count). The summed E-state index contributed by atoms with van der Waals surface area (Å²) in [5, 5.41) is 19.6. The number of aryl methyl sites for hydroxylation is 1. The van der Waals surface area contributed by atoms with Crippen LogP contribution >= 0.6 is 11.8 Å². The lowest BCUT2D eigenvalue weighted by Crippen LogP contribution is -2.14. The molecule has 0 radical (unpaired) electrons. The zero-order valence-corrected chi connectivity index (χ0v) is 17.5. The van der Waals surface area contributed by atoms with Gasteiger partial charge >= 0.3 is 6.01 Å². The molecule has 9 nitrogen and oxygen atoms in total. The average Bonchev–Trinajstić information content (AvgIpc) is 3.46.